The molecule has 1 aliphatic rings. The summed E-state index contributed by atoms with van der Waals surface area (Å²) in [7, 11) is 0. The zero-order chi connectivity index (χ0) is 11.8. The van der Waals surface area contributed by atoms with Crippen molar-refractivity contribution in [3.63, 3.8) is 0 Å². The van der Waals surface area contributed by atoms with Crippen LogP contribution in [0.25, 0.3) is 0 Å². The molecule has 1 aliphatic carbocycles. The number of hydrogen-bond acceptors (Lipinski definition) is 2. The molecule has 1 saturated carbocycles. The van der Waals surface area contributed by atoms with E-state index in [1.165, 1.54) is 0 Å². The van der Waals surface area contributed by atoms with Crippen LogP contribution in [0.3, 0.4) is 0 Å². The first kappa shape index (κ1) is 11.2. The molecule has 0 bridgehead atoms. The van der Waals surface area contributed by atoms with E-state index in [0.717, 1.165) is 24.1 Å². The molecule has 1 aromatic heterocycles. The first-order valence-electron chi connectivity index (χ1n) is 5.62. The first-order valence-corrected chi connectivity index (χ1v) is 5.62. The van der Waals surface area contributed by atoms with Gasteiger partial charge in [-0.25, -0.2) is 0 Å². The highest BCUT2D eigenvalue weighted by Gasteiger charge is 2.42. The summed E-state index contributed by atoms with van der Waals surface area (Å²) >= 11 is 0. The summed E-state index contributed by atoms with van der Waals surface area (Å²) in [5.74, 6) is -0.0784. The predicted octanol–water partition coefficient (Wildman–Crippen LogP) is 1.13. The lowest BCUT2D eigenvalue weighted by atomic mass is 10.1. The Bertz CT molecular complexity index is 405. The molecule has 4 heteroatoms. The Kier molecular flexibility index (Phi) is 2.76. The quantitative estimate of drug-likeness (QED) is 0.715. The van der Waals surface area contributed by atoms with Crippen LogP contribution in [0, 0.1) is 19.3 Å². The van der Waals surface area contributed by atoms with Crippen molar-refractivity contribution in [3.05, 3.63) is 23.0 Å². The third kappa shape index (κ3) is 2.11. The van der Waals surface area contributed by atoms with Crippen LogP contribution in [0.15, 0.2) is 6.07 Å². The summed E-state index contributed by atoms with van der Waals surface area (Å²) in [5.41, 5.74) is 2.55. The Labute approximate surface area is 95.1 Å². The fourth-order valence-electron chi connectivity index (χ4n) is 1.89. The van der Waals surface area contributed by atoms with Crippen LogP contribution in [0.1, 0.15) is 34.6 Å². The van der Waals surface area contributed by atoms with E-state index in [0.29, 0.717) is 12.2 Å². The highest BCUT2D eigenvalue weighted by atomic mass is 16.3. The van der Waals surface area contributed by atoms with Gasteiger partial charge in [-0.15, -0.1) is 0 Å². The highest BCUT2D eigenvalue weighted by Crippen LogP contribution is 2.44. The number of rotatable bonds is 4. The van der Waals surface area contributed by atoms with Crippen molar-refractivity contribution in [1.29, 1.82) is 0 Å². The zero-order valence-electron chi connectivity index (χ0n) is 9.76. The van der Waals surface area contributed by atoms with Gasteiger partial charge >= 0.3 is 0 Å². The van der Waals surface area contributed by atoms with Crippen LogP contribution < -0.4 is 5.32 Å². The summed E-state index contributed by atoms with van der Waals surface area (Å²) in [5, 5.41) is 12.0. The van der Waals surface area contributed by atoms with Crippen molar-refractivity contribution < 1.29 is 9.90 Å². The Morgan fingerprint density at radius 3 is 2.69 bits per heavy atom. The van der Waals surface area contributed by atoms with Gasteiger partial charge in [-0.05, 0) is 38.3 Å². The average Bonchev–Trinajstić information content (AvgIpc) is 2.96. The highest BCUT2D eigenvalue weighted by molar-refractivity contribution is 5.94. The van der Waals surface area contributed by atoms with Crippen LogP contribution >= 0.6 is 0 Å². The molecular formula is C12H18N2O2. The maximum Gasteiger partial charge on any atom is 0.267 e. The minimum absolute atomic E-state index is 0.0365. The molecule has 3 N–H and O–H groups in total. The van der Waals surface area contributed by atoms with Crippen LogP contribution in [0.5, 0.6) is 0 Å². The Morgan fingerprint density at radius 2 is 2.25 bits per heavy atom. The molecule has 0 aromatic carbocycles. The molecule has 88 valence electrons. The normalized spacial score (nSPS) is 17.2. The lowest BCUT2D eigenvalue weighted by Crippen LogP contribution is -2.32. The van der Waals surface area contributed by atoms with Gasteiger partial charge in [0.05, 0.1) is 6.61 Å². The molecular weight excluding hydrogens is 204 g/mol. The maximum atomic E-state index is 11.8. The van der Waals surface area contributed by atoms with Crippen LogP contribution in [0.2, 0.25) is 0 Å². The van der Waals surface area contributed by atoms with Gasteiger partial charge in [0.15, 0.2) is 0 Å². The molecule has 2 rings (SSSR count). The summed E-state index contributed by atoms with van der Waals surface area (Å²) in [6.45, 7) is 4.58. The van der Waals surface area contributed by atoms with E-state index in [4.69, 9.17) is 5.11 Å². The van der Waals surface area contributed by atoms with E-state index in [2.05, 4.69) is 10.3 Å². The van der Waals surface area contributed by atoms with E-state index < -0.39 is 0 Å². The molecule has 0 aliphatic heterocycles. The first-order chi connectivity index (χ1) is 7.56. The van der Waals surface area contributed by atoms with Gasteiger partial charge in [-0.1, -0.05) is 0 Å². The number of H-pyrrole nitrogens is 1. The van der Waals surface area contributed by atoms with E-state index in [1.54, 1.807) is 0 Å². The van der Waals surface area contributed by atoms with E-state index in [1.807, 2.05) is 19.9 Å². The maximum absolute atomic E-state index is 11.8. The summed E-state index contributed by atoms with van der Waals surface area (Å²) < 4.78 is 0. The van der Waals surface area contributed by atoms with Crippen molar-refractivity contribution in [2.75, 3.05) is 13.2 Å². The van der Waals surface area contributed by atoms with Gasteiger partial charge in [0.25, 0.3) is 5.91 Å². The molecule has 1 aromatic rings. The van der Waals surface area contributed by atoms with E-state index >= 15 is 0 Å². The van der Waals surface area contributed by atoms with Crippen molar-refractivity contribution >= 4 is 5.91 Å². The summed E-state index contributed by atoms with van der Waals surface area (Å²) in [6, 6.07) is 1.95. The molecule has 1 fully saturated rings. The monoisotopic (exact) mass is 222 g/mol. The number of carbonyl (C=O) groups excluding carboxylic acids is 1. The standard InChI is InChI=1S/C12H18N2O2/c1-8-5-9(2)14-10(8)11(16)13-6-12(7-15)3-4-12/h5,14-15H,3-4,6-7H2,1-2H3,(H,13,16). The molecule has 4 nitrogen and oxygen atoms in total. The second-order valence-electron chi connectivity index (χ2n) is 4.85. The lowest BCUT2D eigenvalue weighted by Gasteiger charge is -2.12. The Hall–Kier alpha value is -1.29. The number of aliphatic hydroxyl groups is 1. The number of nitrogens with one attached hydrogen (secondary N) is 2. The number of hydrogen-bond donors (Lipinski definition) is 3. The van der Waals surface area contributed by atoms with Gasteiger partial charge in [-0.3, -0.25) is 4.79 Å². The zero-order valence-corrected chi connectivity index (χ0v) is 9.76. The van der Waals surface area contributed by atoms with Crippen molar-refractivity contribution in [3.8, 4) is 0 Å². The third-order valence-corrected chi connectivity index (χ3v) is 3.29. The fraction of sp³-hybridized carbons (Fsp3) is 0.583. The SMILES string of the molecule is Cc1cc(C)c(C(=O)NCC2(CO)CC2)[nH]1. The second kappa shape index (κ2) is 3.94. The minimum atomic E-state index is -0.0784. The molecule has 0 radical (unpaired) electrons. The Balaban J connectivity index is 1.96. The molecule has 0 saturated heterocycles. The molecule has 0 spiro atoms. The van der Waals surface area contributed by atoms with Gasteiger partial charge in [-0.2, -0.15) is 0 Å². The number of amides is 1. The number of aromatic amines is 1. The third-order valence-electron chi connectivity index (χ3n) is 3.29. The van der Waals surface area contributed by atoms with Gasteiger partial charge in [0, 0.05) is 17.7 Å². The van der Waals surface area contributed by atoms with E-state index in [-0.39, 0.29) is 17.9 Å². The fourth-order valence-corrected chi connectivity index (χ4v) is 1.89. The molecule has 0 unspecified atom stereocenters. The van der Waals surface area contributed by atoms with E-state index in [9.17, 15) is 4.79 Å². The molecule has 0 atom stereocenters. The van der Waals surface area contributed by atoms with Crippen molar-refractivity contribution in [2.24, 2.45) is 5.41 Å². The number of aliphatic hydroxyl groups excluding tert-OH is 1. The van der Waals surface area contributed by atoms with Crippen LogP contribution in [0.4, 0.5) is 0 Å². The van der Waals surface area contributed by atoms with Crippen molar-refractivity contribution in [2.45, 2.75) is 26.7 Å². The van der Waals surface area contributed by atoms with Crippen LogP contribution in [-0.4, -0.2) is 29.1 Å². The minimum Gasteiger partial charge on any atom is -0.396 e. The number of aromatic nitrogens is 1. The molecule has 1 heterocycles. The average molecular weight is 222 g/mol. The lowest BCUT2D eigenvalue weighted by molar-refractivity contribution is 0.0930. The predicted molar refractivity (Wildman–Crippen MR) is 61.4 cm³/mol. The smallest absolute Gasteiger partial charge is 0.267 e. The van der Waals surface area contributed by atoms with Gasteiger partial charge < -0.3 is 15.4 Å². The topological polar surface area (TPSA) is 65.1 Å². The second-order valence-corrected chi connectivity index (χ2v) is 4.85. The molecule has 1 amide bonds. The largest absolute Gasteiger partial charge is 0.396 e. The summed E-state index contributed by atoms with van der Waals surface area (Å²) in [6.07, 6.45) is 2.01. The molecule has 16 heavy (non-hydrogen) atoms. The summed E-state index contributed by atoms with van der Waals surface area (Å²) in [4.78, 5) is 14.9. The van der Waals surface area contributed by atoms with Crippen molar-refractivity contribution in [1.82, 2.24) is 10.3 Å². The number of carbonyl (C=O) groups is 1. The Morgan fingerprint density at radius 1 is 1.56 bits per heavy atom. The van der Waals surface area contributed by atoms with Crippen LogP contribution in [-0.2, 0) is 0 Å². The number of aryl methyl sites for hydroxylation is 2. The van der Waals surface area contributed by atoms with Gasteiger partial charge in [0.2, 0.25) is 0 Å². The van der Waals surface area contributed by atoms with Gasteiger partial charge in [0.1, 0.15) is 5.69 Å².